The van der Waals surface area contributed by atoms with E-state index in [1.807, 2.05) is 0 Å². The molecule has 3 N–H and O–H groups in total. The van der Waals surface area contributed by atoms with Crippen molar-refractivity contribution >= 4 is 57.7 Å². The van der Waals surface area contributed by atoms with E-state index in [2.05, 4.69) is 101 Å². The SMILES string of the molecule is Cl.Cl.c1ccc2c(NCCNCCNc3cccc4ccccc34)cccc2c1. The van der Waals surface area contributed by atoms with Crippen LogP contribution in [0.2, 0.25) is 0 Å². The van der Waals surface area contributed by atoms with Gasteiger partial charge in [-0.1, -0.05) is 72.8 Å². The first-order chi connectivity index (χ1) is 13.4. The van der Waals surface area contributed by atoms with E-state index >= 15 is 0 Å². The Hall–Kier alpha value is -2.46. The summed E-state index contributed by atoms with van der Waals surface area (Å²) in [6, 6.07) is 29.8. The van der Waals surface area contributed by atoms with E-state index in [0.717, 1.165) is 26.2 Å². The monoisotopic (exact) mass is 427 g/mol. The average molecular weight is 428 g/mol. The summed E-state index contributed by atoms with van der Waals surface area (Å²) in [5, 5.41) is 15.7. The summed E-state index contributed by atoms with van der Waals surface area (Å²) >= 11 is 0. The van der Waals surface area contributed by atoms with Crippen molar-refractivity contribution in [1.82, 2.24) is 5.32 Å². The van der Waals surface area contributed by atoms with Crippen molar-refractivity contribution in [3.8, 4) is 0 Å². The van der Waals surface area contributed by atoms with Gasteiger partial charge in [0.1, 0.15) is 0 Å². The lowest BCUT2D eigenvalue weighted by atomic mass is 10.1. The molecule has 0 spiro atoms. The molecule has 0 saturated carbocycles. The molecule has 0 aliphatic carbocycles. The van der Waals surface area contributed by atoms with Crippen molar-refractivity contribution in [2.75, 3.05) is 36.8 Å². The number of benzene rings is 4. The maximum atomic E-state index is 3.54. The first-order valence-corrected chi connectivity index (χ1v) is 9.56. The van der Waals surface area contributed by atoms with E-state index in [9.17, 15) is 0 Å². The number of nitrogens with one attached hydrogen (secondary N) is 3. The van der Waals surface area contributed by atoms with Gasteiger partial charge in [0.25, 0.3) is 0 Å². The van der Waals surface area contributed by atoms with Crippen LogP contribution in [0.3, 0.4) is 0 Å². The van der Waals surface area contributed by atoms with Crippen LogP contribution in [0.1, 0.15) is 0 Å². The fraction of sp³-hybridized carbons (Fsp3) is 0.167. The Labute approximate surface area is 184 Å². The molecule has 4 aromatic carbocycles. The third kappa shape index (κ3) is 5.77. The molecule has 29 heavy (non-hydrogen) atoms. The molecule has 0 aromatic heterocycles. The zero-order valence-corrected chi connectivity index (χ0v) is 17.9. The van der Waals surface area contributed by atoms with Crippen LogP contribution in [0.5, 0.6) is 0 Å². The quantitative estimate of drug-likeness (QED) is 0.304. The molecule has 5 heteroatoms. The van der Waals surface area contributed by atoms with Crippen LogP contribution in [0, 0.1) is 0 Å². The lowest BCUT2D eigenvalue weighted by molar-refractivity contribution is 0.719. The fourth-order valence-electron chi connectivity index (χ4n) is 3.46. The second-order valence-electron chi connectivity index (χ2n) is 6.66. The van der Waals surface area contributed by atoms with Gasteiger partial charge in [-0.25, -0.2) is 0 Å². The highest BCUT2D eigenvalue weighted by atomic mass is 35.5. The highest BCUT2D eigenvalue weighted by Gasteiger charge is 2.00. The van der Waals surface area contributed by atoms with Crippen LogP contribution in [0.4, 0.5) is 11.4 Å². The van der Waals surface area contributed by atoms with Crippen molar-refractivity contribution in [2.45, 2.75) is 0 Å². The largest absolute Gasteiger partial charge is 0.383 e. The van der Waals surface area contributed by atoms with Crippen LogP contribution in [-0.2, 0) is 0 Å². The average Bonchev–Trinajstić information content (AvgIpc) is 2.73. The standard InChI is InChI=1S/C24H25N3.2ClH/c1-3-11-21-19(7-1)9-5-13-23(21)26-17-15-25-16-18-27-24-14-6-10-20-8-2-4-12-22(20)24;;/h1-14,25-27H,15-18H2;2*1H. The maximum Gasteiger partial charge on any atom is 0.0420 e. The third-order valence-corrected chi connectivity index (χ3v) is 4.81. The van der Waals surface area contributed by atoms with Gasteiger partial charge in [-0.3, -0.25) is 0 Å². The van der Waals surface area contributed by atoms with Crippen LogP contribution in [-0.4, -0.2) is 26.2 Å². The molecular weight excluding hydrogens is 401 g/mol. The van der Waals surface area contributed by atoms with Crippen LogP contribution in [0.25, 0.3) is 21.5 Å². The van der Waals surface area contributed by atoms with Crippen molar-refractivity contribution in [3.63, 3.8) is 0 Å². The van der Waals surface area contributed by atoms with Crippen molar-refractivity contribution in [1.29, 1.82) is 0 Å². The second kappa shape index (κ2) is 11.5. The Balaban J connectivity index is 0.00000150. The lowest BCUT2D eigenvalue weighted by Gasteiger charge is -2.12. The molecule has 4 rings (SSSR count). The van der Waals surface area contributed by atoms with Gasteiger partial charge in [-0.15, -0.1) is 24.8 Å². The minimum absolute atomic E-state index is 0. The number of halogens is 2. The van der Waals surface area contributed by atoms with Crippen LogP contribution in [0.15, 0.2) is 84.9 Å². The Kier molecular flexibility index (Phi) is 9.07. The zero-order valence-electron chi connectivity index (χ0n) is 16.2. The molecule has 0 aliphatic rings. The summed E-state index contributed by atoms with van der Waals surface area (Å²) in [6.45, 7) is 3.67. The summed E-state index contributed by atoms with van der Waals surface area (Å²) in [7, 11) is 0. The molecule has 0 amide bonds. The molecule has 0 aliphatic heterocycles. The van der Waals surface area contributed by atoms with E-state index in [4.69, 9.17) is 0 Å². The Morgan fingerprint density at radius 3 is 1.34 bits per heavy atom. The van der Waals surface area contributed by atoms with Gasteiger partial charge < -0.3 is 16.0 Å². The van der Waals surface area contributed by atoms with Crippen LogP contribution < -0.4 is 16.0 Å². The number of rotatable bonds is 8. The third-order valence-electron chi connectivity index (χ3n) is 4.81. The van der Waals surface area contributed by atoms with Crippen LogP contribution >= 0.6 is 24.8 Å². The van der Waals surface area contributed by atoms with Crippen molar-refractivity contribution < 1.29 is 0 Å². The second-order valence-corrected chi connectivity index (χ2v) is 6.66. The molecule has 0 heterocycles. The van der Waals surface area contributed by atoms with E-state index in [1.165, 1.54) is 32.9 Å². The minimum Gasteiger partial charge on any atom is -0.383 e. The topological polar surface area (TPSA) is 36.1 Å². The Morgan fingerprint density at radius 1 is 0.448 bits per heavy atom. The molecule has 0 unspecified atom stereocenters. The predicted molar refractivity (Wildman–Crippen MR) is 132 cm³/mol. The number of hydrogen-bond acceptors (Lipinski definition) is 3. The Morgan fingerprint density at radius 2 is 0.862 bits per heavy atom. The van der Waals surface area contributed by atoms with E-state index in [1.54, 1.807) is 0 Å². The minimum atomic E-state index is 0. The van der Waals surface area contributed by atoms with Gasteiger partial charge in [0, 0.05) is 48.3 Å². The molecule has 0 bridgehead atoms. The van der Waals surface area contributed by atoms with Crippen molar-refractivity contribution in [3.05, 3.63) is 84.9 Å². The summed E-state index contributed by atoms with van der Waals surface area (Å²) in [4.78, 5) is 0. The molecule has 4 aromatic rings. The van der Waals surface area contributed by atoms with E-state index in [0.29, 0.717) is 0 Å². The van der Waals surface area contributed by atoms with Gasteiger partial charge in [0.05, 0.1) is 0 Å². The number of anilines is 2. The molecule has 0 saturated heterocycles. The van der Waals surface area contributed by atoms with E-state index in [-0.39, 0.29) is 24.8 Å². The first-order valence-electron chi connectivity index (χ1n) is 9.56. The van der Waals surface area contributed by atoms with E-state index < -0.39 is 0 Å². The van der Waals surface area contributed by atoms with Gasteiger partial charge in [0.15, 0.2) is 0 Å². The van der Waals surface area contributed by atoms with Gasteiger partial charge in [-0.05, 0) is 22.9 Å². The maximum absolute atomic E-state index is 3.54. The lowest BCUT2D eigenvalue weighted by Crippen LogP contribution is -2.27. The summed E-state index contributed by atoms with van der Waals surface area (Å²) in [5.41, 5.74) is 2.40. The smallest absolute Gasteiger partial charge is 0.0420 e. The van der Waals surface area contributed by atoms with Gasteiger partial charge in [-0.2, -0.15) is 0 Å². The Bertz CT molecular complexity index is 943. The zero-order chi connectivity index (χ0) is 18.3. The van der Waals surface area contributed by atoms with Crippen molar-refractivity contribution in [2.24, 2.45) is 0 Å². The fourth-order valence-corrected chi connectivity index (χ4v) is 3.46. The summed E-state index contributed by atoms with van der Waals surface area (Å²) in [6.07, 6.45) is 0. The molecule has 0 atom stereocenters. The summed E-state index contributed by atoms with van der Waals surface area (Å²) in [5.74, 6) is 0. The number of hydrogen-bond donors (Lipinski definition) is 3. The highest BCUT2D eigenvalue weighted by molar-refractivity contribution is 5.94. The summed E-state index contributed by atoms with van der Waals surface area (Å²) < 4.78 is 0. The van der Waals surface area contributed by atoms with Gasteiger partial charge in [0.2, 0.25) is 0 Å². The molecular formula is C24H27Cl2N3. The molecule has 0 fully saturated rings. The molecule has 0 radical (unpaired) electrons. The van der Waals surface area contributed by atoms with Gasteiger partial charge >= 0.3 is 0 Å². The highest BCUT2D eigenvalue weighted by Crippen LogP contribution is 2.23. The predicted octanol–water partition coefficient (Wildman–Crippen LogP) is 5.95. The molecule has 3 nitrogen and oxygen atoms in total. The number of fused-ring (bicyclic) bond motifs is 2. The first kappa shape index (κ1) is 22.8. The normalized spacial score (nSPS) is 10.2. The molecule has 152 valence electrons.